The van der Waals surface area contributed by atoms with Crippen molar-refractivity contribution in [3.63, 3.8) is 0 Å². The third-order valence-corrected chi connectivity index (χ3v) is 3.38. The molecule has 0 saturated carbocycles. The number of methoxy groups -OCH3 is 1. The average molecular weight is 285 g/mol. The molecule has 19 heavy (non-hydrogen) atoms. The van der Waals surface area contributed by atoms with Gasteiger partial charge in [0.1, 0.15) is 6.04 Å². The molecule has 0 aromatic heterocycles. The molecule has 0 saturated heterocycles. The minimum absolute atomic E-state index is 0. The van der Waals surface area contributed by atoms with E-state index in [0.29, 0.717) is 0 Å². The molecule has 4 nitrogen and oxygen atoms in total. The second kappa shape index (κ2) is 6.89. The number of hydrogen-bond donors (Lipinski definition) is 2. The van der Waals surface area contributed by atoms with Gasteiger partial charge in [-0.25, -0.2) is 0 Å². The van der Waals surface area contributed by atoms with E-state index in [1.165, 1.54) is 16.7 Å². The lowest BCUT2D eigenvalue weighted by atomic mass is 10.1. The smallest absolute Gasteiger partial charge is 0.239 e. The van der Waals surface area contributed by atoms with Gasteiger partial charge in [0.05, 0.1) is 12.6 Å². The van der Waals surface area contributed by atoms with Gasteiger partial charge in [0, 0.05) is 7.11 Å². The summed E-state index contributed by atoms with van der Waals surface area (Å²) in [6.07, 6.45) is 1.96. The molecule has 0 bridgehead atoms. The van der Waals surface area contributed by atoms with E-state index in [-0.39, 0.29) is 31.0 Å². The topological polar surface area (TPSA) is 64.3 Å². The van der Waals surface area contributed by atoms with Crippen LogP contribution in [0.4, 0.5) is 0 Å². The standard InChI is InChI=1S/C14H20N2O2.ClH/c1-9-3-5-11-10(7-9)4-6-13(11)16-14(17)12(15)8-18-2;/h3,5,7,12-13H,4,6,8,15H2,1-2H3,(H,16,17);1H. The summed E-state index contributed by atoms with van der Waals surface area (Å²) >= 11 is 0. The molecule has 1 amide bonds. The molecular formula is C14H21ClN2O2. The van der Waals surface area contributed by atoms with E-state index >= 15 is 0 Å². The molecule has 0 heterocycles. The molecule has 3 N–H and O–H groups in total. The number of hydrogen-bond acceptors (Lipinski definition) is 3. The minimum atomic E-state index is -0.593. The van der Waals surface area contributed by atoms with Gasteiger partial charge in [-0.3, -0.25) is 4.79 Å². The summed E-state index contributed by atoms with van der Waals surface area (Å²) in [6.45, 7) is 2.33. The maximum absolute atomic E-state index is 11.8. The summed E-state index contributed by atoms with van der Waals surface area (Å²) in [7, 11) is 1.54. The summed E-state index contributed by atoms with van der Waals surface area (Å²) in [5.41, 5.74) is 9.53. The maximum Gasteiger partial charge on any atom is 0.239 e. The number of halogens is 1. The average Bonchev–Trinajstić information content (AvgIpc) is 2.72. The lowest BCUT2D eigenvalue weighted by Crippen LogP contribution is -2.44. The monoisotopic (exact) mass is 284 g/mol. The van der Waals surface area contributed by atoms with Crippen molar-refractivity contribution in [1.29, 1.82) is 0 Å². The van der Waals surface area contributed by atoms with Gasteiger partial charge in [-0.1, -0.05) is 23.8 Å². The molecule has 0 fully saturated rings. The zero-order chi connectivity index (χ0) is 13.1. The molecule has 1 aliphatic rings. The number of ether oxygens (including phenoxy) is 1. The van der Waals surface area contributed by atoms with E-state index in [0.717, 1.165) is 12.8 Å². The van der Waals surface area contributed by atoms with Crippen LogP contribution in [0.15, 0.2) is 18.2 Å². The third kappa shape index (κ3) is 3.69. The highest BCUT2D eigenvalue weighted by Gasteiger charge is 2.25. The molecule has 1 aliphatic carbocycles. The van der Waals surface area contributed by atoms with Crippen molar-refractivity contribution in [3.8, 4) is 0 Å². The molecule has 0 aliphatic heterocycles. The Labute approximate surface area is 120 Å². The molecule has 1 aromatic carbocycles. The van der Waals surface area contributed by atoms with E-state index in [4.69, 9.17) is 10.5 Å². The Kier molecular flexibility index (Phi) is 5.79. The Morgan fingerprint density at radius 3 is 3.00 bits per heavy atom. The van der Waals surface area contributed by atoms with Crippen LogP contribution >= 0.6 is 12.4 Å². The van der Waals surface area contributed by atoms with Crippen LogP contribution in [0, 0.1) is 6.92 Å². The molecule has 0 spiro atoms. The first-order chi connectivity index (χ1) is 8.61. The fourth-order valence-corrected chi connectivity index (χ4v) is 2.43. The van der Waals surface area contributed by atoms with Gasteiger partial charge in [0.2, 0.25) is 5.91 Å². The number of carbonyl (C=O) groups is 1. The van der Waals surface area contributed by atoms with Crippen molar-refractivity contribution in [2.24, 2.45) is 5.73 Å². The number of rotatable bonds is 4. The highest BCUT2D eigenvalue weighted by atomic mass is 35.5. The minimum Gasteiger partial charge on any atom is -0.383 e. The van der Waals surface area contributed by atoms with Gasteiger partial charge in [-0.2, -0.15) is 0 Å². The normalized spacial score (nSPS) is 18.4. The maximum atomic E-state index is 11.8. The number of fused-ring (bicyclic) bond motifs is 1. The Balaban J connectivity index is 0.00000180. The Morgan fingerprint density at radius 2 is 2.32 bits per heavy atom. The predicted molar refractivity (Wildman–Crippen MR) is 77.5 cm³/mol. The van der Waals surface area contributed by atoms with E-state index in [1.54, 1.807) is 7.11 Å². The Hall–Kier alpha value is -1.10. The first-order valence-corrected chi connectivity index (χ1v) is 6.26. The van der Waals surface area contributed by atoms with Crippen molar-refractivity contribution in [2.75, 3.05) is 13.7 Å². The summed E-state index contributed by atoms with van der Waals surface area (Å²) < 4.78 is 4.89. The largest absolute Gasteiger partial charge is 0.383 e. The predicted octanol–water partition coefficient (Wildman–Crippen LogP) is 1.49. The number of nitrogens with two attached hydrogens (primary N) is 1. The van der Waals surface area contributed by atoms with Gasteiger partial charge in [0.15, 0.2) is 0 Å². The van der Waals surface area contributed by atoms with Gasteiger partial charge in [-0.15, -0.1) is 12.4 Å². The van der Waals surface area contributed by atoms with Crippen LogP contribution < -0.4 is 11.1 Å². The van der Waals surface area contributed by atoms with E-state index in [2.05, 4.69) is 30.4 Å². The van der Waals surface area contributed by atoms with Gasteiger partial charge in [0.25, 0.3) is 0 Å². The fraction of sp³-hybridized carbons (Fsp3) is 0.500. The van der Waals surface area contributed by atoms with Crippen molar-refractivity contribution in [3.05, 3.63) is 34.9 Å². The summed E-state index contributed by atoms with van der Waals surface area (Å²) in [4.78, 5) is 11.8. The van der Waals surface area contributed by atoms with Crippen LogP contribution in [0.3, 0.4) is 0 Å². The molecular weight excluding hydrogens is 264 g/mol. The molecule has 2 unspecified atom stereocenters. The lowest BCUT2D eigenvalue weighted by Gasteiger charge is -2.17. The van der Waals surface area contributed by atoms with Crippen molar-refractivity contribution >= 4 is 18.3 Å². The Bertz CT molecular complexity index is 451. The molecule has 2 rings (SSSR count). The second-order valence-corrected chi connectivity index (χ2v) is 4.86. The number of benzene rings is 1. The highest BCUT2D eigenvalue weighted by Crippen LogP contribution is 2.31. The lowest BCUT2D eigenvalue weighted by molar-refractivity contribution is -0.124. The summed E-state index contributed by atoms with van der Waals surface area (Å²) in [5.74, 6) is -0.143. The fourth-order valence-electron chi connectivity index (χ4n) is 2.43. The zero-order valence-electron chi connectivity index (χ0n) is 11.3. The van der Waals surface area contributed by atoms with E-state index in [1.807, 2.05) is 0 Å². The van der Waals surface area contributed by atoms with Crippen LogP contribution in [0.5, 0.6) is 0 Å². The van der Waals surface area contributed by atoms with Crippen LogP contribution in [-0.4, -0.2) is 25.7 Å². The second-order valence-electron chi connectivity index (χ2n) is 4.86. The van der Waals surface area contributed by atoms with Gasteiger partial charge in [-0.05, 0) is 30.9 Å². The quantitative estimate of drug-likeness (QED) is 0.880. The molecule has 2 atom stereocenters. The third-order valence-electron chi connectivity index (χ3n) is 3.38. The van der Waals surface area contributed by atoms with E-state index < -0.39 is 6.04 Å². The molecule has 0 radical (unpaired) electrons. The Morgan fingerprint density at radius 1 is 1.58 bits per heavy atom. The van der Waals surface area contributed by atoms with E-state index in [9.17, 15) is 4.79 Å². The van der Waals surface area contributed by atoms with Crippen LogP contribution in [0.25, 0.3) is 0 Å². The van der Waals surface area contributed by atoms with Gasteiger partial charge < -0.3 is 15.8 Å². The van der Waals surface area contributed by atoms with Crippen molar-refractivity contribution < 1.29 is 9.53 Å². The number of carbonyl (C=O) groups excluding carboxylic acids is 1. The van der Waals surface area contributed by atoms with Crippen molar-refractivity contribution in [2.45, 2.75) is 31.8 Å². The highest BCUT2D eigenvalue weighted by molar-refractivity contribution is 5.85. The zero-order valence-corrected chi connectivity index (χ0v) is 12.1. The van der Waals surface area contributed by atoms with Crippen LogP contribution in [0.2, 0.25) is 0 Å². The first-order valence-electron chi connectivity index (χ1n) is 6.26. The van der Waals surface area contributed by atoms with Crippen LogP contribution in [-0.2, 0) is 16.0 Å². The van der Waals surface area contributed by atoms with Gasteiger partial charge >= 0.3 is 0 Å². The number of aryl methyl sites for hydroxylation is 2. The number of nitrogens with one attached hydrogen (secondary N) is 1. The van der Waals surface area contributed by atoms with Crippen molar-refractivity contribution in [1.82, 2.24) is 5.32 Å². The summed E-state index contributed by atoms with van der Waals surface area (Å²) in [5, 5.41) is 3.00. The van der Waals surface area contributed by atoms with Crippen LogP contribution in [0.1, 0.15) is 29.2 Å². The first kappa shape index (κ1) is 16.0. The molecule has 1 aromatic rings. The number of amides is 1. The SMILES string of the molecule is COCC(N)C(=O)NC1CCc2cc(C)ccc21.Cl. The molecule has 106 valence electrons. The molecule has 5 heteroatoms. The summed E-state index contributed by atoms with van der Waals surface area (Å²) in [6, 6.07) is 5.87.